The van der Waals surface area contributed by atoms with Crippen LogP contribution < -0.4 is 0 Å². The standard InChI is InChI=1S/C8H14INO/c1-10-6-2-3-7(10)8(11-9)4-5-8/h7H,2-6H2,1H3/t7-/m0/s1. The fourth-order valence-electron chi connectivity index (χ4n) is 2.16. The Morgan fingerprint density at radius 2 is 2.27 bits per heavy atom. The number of nitrogens with zero attached hydrogens (tertiary/aromatic N) is 1. The highest BCUT2D eigenvalue weighted by Gasteiger charge is 2.53. The summed E-state index contributed by atoms with van der Waals surface area (Å²) in [4.78, 5) is 2.45. The van der Waals surface area contributed by atoms with E-state index in [2.05, 4.69) is 35.0 Å². The summed E-state index contributed by atoms with van der Waals surface area (Å²) < 4.78 is 5.53. The van der Waals surface area contributed by atoms with Crippen molar-refractivity contribution < 1.29 is 3.07 Å². The Kier molecular flexibility index (Phi) is 2.14. The van der Waals surface area contributed by atoms with E-state index in [0.29, 0.717) is 6.04 Å². The molecule has 1 aliphatic heterocycles. The van der Waals surface area contributed by atoms with Gasteiger partial charge < -0.3 is 7.97 Å². The lowest BCUT2D eigenvalue weighted by molar-refractivity contribution is 0.128. The van der Waals surface area contributed by atoms with E-state index in [1.807, 2.05) is 0 Å². The van der Waals surface area contributed by atoms with Crippen molar-refractivity contribution in [1.82, 2.24) is 4.90 Å². The van der Waals surface area contributed by atoms with Crippen molar-refractivity contribution in [3.05, 3.63) is 0 Å². The zero-order chi connectivity index (χ0) is 7.90. The van der Waals surface area contributed by atoms with E-state index < -0.39 is 0 Å². The van der Waals surface area contributed by atoms with Gasteiger partial charge in [0.1, 0.15) is 23.0 Å². The Morgan fingerprint density at radius 1 is 1.55 bits per heavy atom. The van der Waals surface area contributed by atoms with Crippen molar-refractivity contribution in [3.8, 4) is 0 Å². The van der Waals surface area contributed by atoms with Crippen LogP contribution >= 0.6 is 23.0 Å². The van der Waals surface area contributed by atoms with Gasteiger partial charge in [-0.25, -0.2) is 0 Å². The smallest absolute Gasteiger partial charge is 0.110 e. The lowest BCUT2D eigenvalue weighted by atomic mass is 10.1. The summed E-state index contributed by atoms with van der Waals surface area (Å²) in [5.41, 5.74) is 0.256. The van der Waals surface area contributed by atoms with Crippen LogP contribution in [0.25, 0.3) is 0 Å². The van der Waals surface area contributed by atoms with Crippen LogP contribution in [-0.4, -0.2) is 30.1 Å². The van der Waals surface area contributed by atoms with E-state index in [-0.39, 0.29) is 5.60 Å². The van der Waals surface area contributed by atoms with Crippen molar-refractivity contribution in [2.24, 2.45) is 0 Å². The van der Waals surface area contributed by atoms with Gasteiger partial charge in [0, 0.05) is 6.04 Å². The molecule has 0 aromatic carbocycles. The van der Waals surface area contributed by atoms with Crippen molar-refractivity contribution in [2.45, 2.75) is 37.3 Å². The number of likely N-dealkylation sites (tertiary alicyclic amines) is 1. The third kappa shape index (κ3) is 1.31. The monoisotopic (exact) mass is 267 g/mol. The van der Waals surface area contributed by atoms with Gasteiger partial charge in [0.25, 0.3) is 0 Å². The maximum absolute atomic E-state index is 5.53. The Labute approximate surface area is 82.0 Å². The van der Waals surface area contributed by atoms with E-state index in [9.17, 15) is 0 Å². The molecule has 0 amide bonds. The van der Waals surface area contributed by atoms with Crippen LogP contribution in [0.1, 0.15) is 25.7 Å². The molecule has 1 heterocycles. The highest BCUT2D eigenvalue weighted by atomic mass is 127. The Bertz CT molecular complexity index is 158. The summed E-state index contributed by atoms with van der Waals surface area (Å²) in [6, 6.07) is 0.708. The molecule has 2 rings (SSSR count). The van der Waals surface area contributed by atoms with Gasteiger partial charge in [-0.2, -0.15) is 0 Å². The summed E-state index contributed by atoms with van der Waals surface area (Å²) >= 11 is 2.07. The zero-order valence-corrected chi connectivity index (χ0v) is 9.00. The van der Waals surface area contributed by atoms with Crippen LogP contribution in [0.4, 0.5) is 0 Å². The first kappa shape index (κ1) is 8.26. The van der Waals surface area contributed by atoms with Crippen molar-refractivity contribution in [1.29, 1.82) is 0 Å². The summed E-state index contributed by atoms with van der Waals surface area (Å²) in [5, 5.41) is 0. The molecule has 1 atom stereocenters. The first-order valence-corrected chi connectivity index (χ1v) is 5.16. The van der Waals surface area contributed by atoms with E-state index in [1.54, 1.807) is 0 Å². The minimum atomic E-state index is 0.256. The first-order valence-electron chi connectivity index (χ1n) is 4.28. The molecule has 0 N–H and O–H groups in total. The van der Waals surface area contributed by atoms with Gasteiger partial charge in [0.15, 0.2) is 0 Å². The molecule has 64 valence electrons. The van der Waals surface area contributed by atoms with Gasteiger partial charge in [0.2, 0.25) is 0 Å². The molecule has 0 spiro atoms. The van der Waals surface area contributed by atoms with Gasteiger partial charge in [-0.05, 0) is 39.3 Å². The molecule has 0 aromatic heterocycles. The first-order chi connectivity index (χ1) is 5.28. The maximum Gasteiger partial charge on any atom is 0.110 e. The molecular formula is C8H14INO. The van der Waals surface area contributed by atoms with E-state index >= 15 is 0 Å². The second-order valence-electron chi connectivity index (χ2n) is 3.78. The van der Waals surface area contributed by atoms with Crippen LogP contribution in [0.2, 0.25) is 0 Å². The lowest BCUT2D eigenvalue weighted by Gasteiger charge is -2.26. The summed E-state index contributed by atoms with van der Waals surface area (Å²) in [6.45, 7) is 1.26. The Morgan fingerprint density at radius 3 is 2.64 bits per heavy atom. The SMILES string of the molecule is CN1CCC[C@H]1C1(OI)CC1. The Balaban J connectivity index is 2.03. The minimum Gasteiger partial charge on any atom is -0.307 e. The molecule has 2 fully saturated rings. The minimum absolute atomic E-state index is 0.256. The molecular weight excluding hydrogens is 253 g/mol. The molecule has 0 bridgehead atoms. The highest BCUT2D eigenvalue weighted by Crippen LogP contribution is 2.48. The van der Waals surface area contributed by atoms with Crippen LogP contribution in [0.5, 0.6) is 0 Å². The molecule has 0 unspecified atom stereocenters. The summed E-state index contributed by atoms with van der Waals surface area (Å²) in [6.07, 6.45) is 5.22. The topological polar surface area (TPSA) is 12.5 Å². The Hall–Kier alpha value is 0.650. The normalized spacial score (nSPS) is 36.0. The van der Waals surface area contributed by atoms with Crippen molar-refractivity contribution in [2.75, 3.05) is 13.6 Å². The highest BCUT2D eigenvalue weighted by molar-refractivity contribution is 14.1. The van der Waals surface area contributed by atoms with Crippen LogP contribution in [0.3, 0.4) is 0 Å². The number of hydrogen-bond donors (Lipinski definition) is 0. The average molecular weight is 267 g/mol. The summed E-state index contributed by atoms with van der Waals surface area (Å²) in [5.74, 6) is 0. The van der Waals surface area contributed by atoms with Gasteiger partial charge in [-0.3, -0.25) is 0 Å². The molecule has 1 saturated heterocycles. The summed E-state index contributed by atoms with van der Waals surface area (Å²) in [7, 11) is 2.22. The predicted molar refractivity (Wildman–Crippen MR) is 52.7 cm³/mol. The number of halogens is 1. The van der Waals surface area contributed by atoms with Crippen LogP contribution in [-0.2, 0) is 3.07 Å². The lowest BCUT2D eigenvalue weighted by Crippen LogP contribution is -2.38. The van der Waals surface area contributed by atoms with Crippen molar-refractivity contribution >= 4 is 23.0 Å². The zero-order valence-electron chi connectivity index (χ0n) is 6.85. The van der Waals surface area contributed by atoms with Gasteiger partial charge in [-0.1, -0.05) is 0 Å². The second kappa shape index (κ2) is 2.85. The molecule has 11 heavy (non-hydrogen) atoms. The molecule has 3 heteroatoms. The fourth-order valence-corrected chi connectivity index (χ4v) is 2.89. The van der Waals surface area contributed by atoms with Gasteiger partial charge >= 0.3 is 0 Å². The van der Waals surface area contributed by atoms with Gasteiger partial charge in [0.05, 0.1) is 5.60 Å². The molecule has 1 aliphatic carbocycles. The average Bonchev–Trinajstić information content (AvgIpc) is 2.70. The second-order valence-corrected chi connectivity index (χ2v) is 4.22. The van der Waals surface area contributed by atoms with Crippen LogP contribution in [0.15, 0.2) is 0 Å². The molecule has 0 radical (unpaired) electrons. The molecule has 2 nitrogen and oxygen atoms in total. The van der Waals surface area contributed by atoms with Crippen LogP contribution in [0, 0.1) is 0 Å². The molecule has 2 aliphatic rings. The number of likely N-dealkylation sites (N-methyl/N-ethyl adjacent to an activating group) is 1. The van der Waals surface area contributed by atoms with E-state index in [0.717, 1.165) is 0 Å². The third-order valence-electron chi connectivity index (χ3n) is 3.02. The molecule has 0 aromatic rings. The molecule has 1 saturated carbocycles. The van der Waals surface area contributed by atoms with E-state index in [4.69, 9.17) is 3.07 Å². The fraction of sp³-hybridized carbons (Fsp3) is 1.00. The predicted octanol–water partition coefficient (Wildman–Crippen LogP) is 1.98. The van der Waals surface area contributed by atoms with Gasteiger partial charge in [-0.15, -0.1) is 0 Å². The third-order valence-corrected chi connectivity index (χ3v) is 3.90. The largest absolute Gasteiger partial charge is 0.307 e. The number of hydrogen-bond acceptors (Lipinski definition) is 2. The maximum atomic E-state index is 5.53. The quantitative estimate of drug-likeness (QED) is 0.709. The van der Waals surface area contributed by atoms with E-state index in [1.165, 1.54) is 32.2 Å². The number of rotatable bonds is 2. The van der Waals surface area contributed by atoms with Crippen molar-refractivity contribution in [3.63, 3.8) is 0 Å².